The van der Waals surface area contributed by atoms with Crippen molar-refractivity contribution in [1.29, 1.82) is 0 Å². The summed E-state index contributed by atoms with van der Waals surface area (Å²) >= 11 is 0. The second-order valence-corrected chi connectivity index (χ2v) is 4.90. The normalized spacial score (nSPS) is 19.7. The lowest BCUT2D eigenvalue weighted by Gasteiger charge is -2.35. The fourth-order valence-corrected chi connectivity index (χ4v) is 2.43. The van der Waals surface area contributed by atoms with Gasteiger partial charge in [0, 0.05) is 27.2 Å². The monoisotopic (exact) mass is 273 g/mol. The lowest BCUT2D eigenvalue weighted by atomic mass is 9.83. The highest BCUT2D eigenvalue weighted by atomic mass is 16.5. The fourth-order valence-electron chi connectivity index (χ4n) is 2.43. The number of carboxylic acids is 1. The number of carbonyl (C=O) groups is 2. The van der Waals surface area contributed by atoms with Crippen molar-refractivity contribution in [3.8, 4) is 0 Å². The molecule has 0 aromatic carbocycles. The summed E-state index contributed by atoms with van der Waals surface area (Å²) in [7, 11) is 3.01. The molecule has 1 aliphatic carbocycles. The molecule has 2 N–H and O–H groups in total. The summed E-state index contributed by atoms with van der Waals surface area (Å²) in [6, 6.07) is -0.929. The maximum atomic E-state index is 12.3. The van der Waals surface area contributed by atoms with Crippen molar-refractivity contribution in [2.45, 2.75) is 50.2 Å². The molecule has 1 aliphatic rings. The Labute approximate surface area is 113 Å². The van der Waals surface area contributed by atoms with Gasteiger partial charge in [0.1, 0.15) is 11.6 Å². The van der Waals surface area contributed by atoms with Crippen molar-refractivity contribution in [2.75, 3.05) is 20.8 Å². The van der Waals surface area contributed by atoms with Crippen molar-refractivity contribution >= 4 is 11.9 Å². The molecular formula is C13H23NO5. The van der Waals surface area contributed by atoms with E-state index < -0.39 is 17.6 Å². The summed E-state index contributed by atoms with van der Waals surface area (Å²) in [4.78, 5) is 23.4. The van der Waals surface area contributed by atoms with E-state index in [9.17, 15) is 9.59 Å². The van der Waals surface area contributed by atoms with Crippen LogP contribution in [0, 0.1) is 0 Å². The van der Waals surface area contributed by atoms with Crippen molar-refractivity contribution in [1.82, 2.24) is 5.32 Å². The Morgan fingerprint density at radius 3 is 2.37 bits per heavy atom. The van der Waals surface area contributed by atoms with Gasteiger partial charge in [-0.2, -0.15) is 0 Å². The molecule has 19 heavy (non-hydrogen) atoms. The molecule has 0 heterocycles. The van der Waals surface area contributed by atoms with Crippen LogP contribution in [0.2, 0.25) is 0 Å². The Morgan fingerprint density at radius 1 is 1.26 bits per heavy atom. The smallest absolute Gasteiger partial charge is 0.326 e. The number of rotatable bonds is 7. The average molecular weight is 273 g/mol. The van der Waals surface area contributed by atoms with Crippen LogP contribution in [0.4, 0.5) is 0 Å². The number of carbonyl (C=O) groups excluding carboxylic acids is 1. The average Bonchev–Trinajstić information content (AvgIpc) is 2.43. The Hall–Kier alpha value is -1.14. The van der Waals surface area contributed by atoms with Gasteiger partial charge >= 0.3 is 5.97 Å². The van der Waals surface area contributed by atoms with E-state index in [0.29, 0.717) is 12.8 Å². The van der Waals surface area contributed by atoms with Crippen LogP contribution in [0.5, 0.6) is 0 Å². The molecule has 6 heteroatoms. The maximum absolute atomic E-state index is 12.3. The van der Waals surface area contributed by atoms with Gasteiger partial charge in [-0.1, -0.05) is 19.3 Å². The minimum absolute atomic E-state index is 0.247. The number of hydrogen-bond donors (Lipinski definition) is 2. The highest BCUT2D eigenvalue weighted by Crippen LogP contribution is 2.31. The number of aliphatic carboxylic acids is 1. The van der Waals surface area contributed by atoms with E-state index in [1.807, 2.05) is 0 Å². The molecule has 0 aromatic heterocycles. The van der Waals surface area contributed by atoms with Gasteiger partial charge < -0.3 is 19.9 Å². The first-order valence-electron chi connectivity index (χ1n) is 6.63. The molecule has 0 saturated heterocycles. The molecular weight excluding hydrogens is 250 g/mol. The van der Waals surface area contributed by atoms with E-state index in [0.717, 1.165) is 19.3 Å². The number of carboxylic acid groups (broad SMARTS) is 1. The zero-order valence-corrected chi connectivity index (χ0v) is 11.6. The molecule has 1 saturated carbocycles. The molecule has 0 bridgehead atoms. The lowest BCUT2D eigenvalue weighted by molar-refractivity contribution is -0.152. The van der Waals surface area contributed by atoms with Crippen molar-refractivity contribution in [3.05, 3.63) is 0 Å². The van der Waals surface area contributed by atoms with Gasteiger partial charge in [0.2, 0.25) is 0 Å². The maximum Gasteiger partial charge on any atom is 0.326 e. The summed E-state index contributed by atoms with van der Waals surface area (Å²) < 4.78 is 10.2. The quantitative estimate of drug-likeness (QED) is 0.721. The van der Waals surface area contributed by atoms with Crippen LogP contribution in [0.3, 0.4) is 0 Å². The molecule has 1 rings (SSSR count). The third kappa shape index (κ3) is 4.18. The number of nitrogens with one attached hydrogen (secondary N) is 1. The van der Waals surface area contributed by atoms with Gasteiger partial charge in [0.25, 0.3) is 5.91 Å². The van der Waals surface area contributed by atoms with E-state index in [4.69, 9.17) is 14.6 Å². The molecule has 0 aliphatic heterocycles. The molecule has 1 atom stereocenters. The van der Waals surface area contributed by atoms with Gasteiger partial charge in [0.05, 0.1) is 0 Å². The van der Waals surface area contributed by atoms with Gasteiger partial charge in [-0.15, -0.1) is 0 Å². The topological polar surface area (TPSA) is 84.9 Å². The Morgan fingerprint density at radius 2 is 1.89 bits per heavy atom. The molecule has 110 valence electrons. The molecule has 0 aromatic rings. The van der Waals surface area contributed by atoms with E-state index in [2.05, 4.69) is 5.32 Å². The van der Waals surface area contributed by atoms with E-state index >= 15 is 0 Å². The van der Waals surface area contributed by atoms with Crippen molar-refractivity contribution in [2.24, 2.45) is 0 Å². The number of amides is 1. The molecule has 1 unspecified atom stereocenters. The summed E-state index contributed by atoms with van der Waals surface area (Å²) in [5.41, 5.74) is -0.862. The predicted octanol–water partition coefficient (Wildman–Crippen LogP) is 0.942. The van der Waals surface area contributed by atoms with Crippen LogP contribution in [-0.2, 0) is 19.1 Å². The van der Waals surface area contributed by atoms with E-state index in [-0.39, 0.29) is 18.9 Å². The van der Waals surface area contributed by atoms with Gasteiger partial charge in [0.15, 0.2) is 0 Å². The third-order valence-corrected chi connectivity index (χ3v) is 3.68. The molecule has 1 fully saturated rings. The van der Waals surface area contributed by atoms with E-state index in [1.54, 1.807) is 0 Å². The first-order chi connectivity index (χ1) is 9.05. The summed E-state index contributed by atoms with van der Waals surface area (Å²) in [5.74, 6) is -1.37. The Kier molecular flexibility index (Phi) is 6.24. The zero-order chi connectivity index (χ0) is 14.3. The lowest BCUT2D eigenvalue weighted by Crippen LogP contribution is -2.54. The first kappa shape index (κ1) is 15.9. The SMILES string of the molecule is COCCC(NC(=O)C1(OC)CCCCC1)C(=O)O. The van der Waals surface area contributed by atoms with Crippen LogP contribution in [0.1, 0.15) is 38.5 Å². The third-order valence-electron chi connectivity index (χ3n) is 3.68. The van der Waals surface area contributed by atoms with Gasteiger partial charge in [-0.25, -0.2) is 4.79 Å². The van der Waals surface area contributed by atoms with Crippen LogP contribution in [0.15, 0.2) is 0 Å². The summed E-state index contributed by atoms with van der Waals surface area (Å²) in [6.07, 6.45) is 4.48. The predicted molar refractivity (Wildman–Crippen MR) is 68.9 cm³/mol. The Bertz CT molecular complexity index is 312. The van der Waals surface area contributed by atoms with Crippen molar-refractivity contribution in [3.63, 3.8) is 0 Å². The van der Waals surface area contributed by atoms with Gasteiger partial charge in [-0.3, -0.25) is 4.79 Å². The molecule has 6 nitrogen and oxygen atoms in total. The molecule has 1 amide bonds. The van der Waals surface area contributed by atoms with Crippen LogP contribution in [-0.4, -0.2) is 49.5 Å². The zero-order valence-electron chi connectivity index (χ0n) is 11.6. The minimum atomic E-state index is -1.05. The van der Waals surface area contributed by atoms with Crippen LogP contribution < -0.4 is 5.32 Å². The van der Waals surface area contributed by atoms with Gasteiger partial charge in [-0.05, 0) is 12.8 Å². The highest BCUT2D eigenvalue weighted by molar-refractivity contribution is 5.89. The first-order valence-corrected chi connectivity index (χ1v) is 6.63. The summed E-state index contributed by atoms with van der Waals surface area (Å²) in [6.45, 7) is 0.289. The number of ether oxygens (including phenoxy) is 2. The van der Waals surface area contributed by atoms with Crippen LogP contribution in [0.25, 0.3) is 0 Å². The minimum Gasteiger partial charge on any atom is -0.480 e. The van der Waals surface area contributed by atoms with Crippen molar-refractivity contribution < 1.29 is 24.2 Å². The largest absolute Gasteiger partial charge is 0.480 e. The number of hydrogen-bond acceptors (Lipinski definition) is 4. The highest BCUT2D eigenvalue weighted by Gasteiger charge is 2.41. The second-order valence-electron chi connectivity index (χ2n) is 4.90. The fraction of sp³-hybridized carbons (Fsp3) is 0.846. The Balaban J connectivity index is 2.65. The molecule has 0 radical (unpaired) electrons. The standard InChI is InChI=1S/C13H23NO5/c1-18-9-6-10(11(15)16)14-12(17)13(19-2)7-4-3-5-8-13/h10H,3-9H2,1-2H3,(H,14,17)(H,15,16). The molecule has 0 spiro atoms. The number of methoxy groups -OCH3 is 2. The second kappa shape index (κ2) is 7.45. The summed E-state index contributed by atoms with van der Waals surface area (Å²) in [5, 5.41) is 11.7. The van der Waals surface area contributed by atoms with E-state index in [1.165, 1.54) is 14.2 Å². The van der Waals surface area contributed by atoms with Crippen LogP contribution >= 0.6 is 0 Å².